The van der Waals surface area contributed by atoms with E-state index >= 15 is 0 Å². The van der Waals surface area contributed by atoms with Gasteiger partial charge in [0.25, 0.3) is 5.91 Å². The van der Waals surface area contributed by atoms with Gasteiger partial charge in [0.2, 0.25) is 0 Å². The van der Waals surface area contributed by atoms with Crippen molar-refractivity contribution < 1.29 is 43.1 Å². The first kappa shape index (κ1) is 107. The zero-order chi connectivity index (χ0) is 101. The Hall–Kier alpha value is -11.3. The Labute approximate surface area is 882 Å². The van der Waals surface area contributed by atoms with Gasteiger partial charge < -0.3 is 9.47 Å². The van der Waals surface area contributed by atoms with Crippen LogP contribution in [0.4, 0.5) is 34.1 Å². The molecule has 0 unspecified atom stereocenters. The predicted molar refractivity (Wildman–Crippen MR) is 596 cm³/mol. The zero-order valence-corrected chi connectivity index (χ0v) is 89.5. The van der Waals surface area contributed by atoms with Crippen LogP contribution in [0.15, 0.2) is 343 Å². The predicted octanol–water partition coefficient (Wildman–Crippen LogP) is 34.9. The van der Waals surface area contributed by atoms with E-state index in [1.165, 1.54) is 125 Å². The zero-order valence-electron chi connectivity index (χ0n) is 83.1. The number of fused-ring (bicyclic) bond motifs is 12. The number of halogens is 2. The number of Topliss-reactive ketones (excluding diaryl/α,β-unsaturated/α-hetero) is 3. The van der Waals surface area contributed by atoms with Gasteiger partial charge in [0.15, 0.2) is 17.3 Å². The number of nitrogens with zero attached hydrogens (tertiary/aromatic N) is 7. The number of aliphatic imine (C=N–C) groups is 6. The summed E-state index contributed by atoms with van der Waals surface area (Å²) in [5, 5.41) is 2.12. The van der Waals surface area contributed by atoms with Gasteiger partial charge >= 0.3 is 11.9 Å². The third-order valence-electron chi connectivity index (χ3n) is 25.9. The second kappa shape index (κ2) is 53.2. The molecule has 24 heteroatoms. The minimum absolute atomic E-state index is 0.169. The van der Waals surface area contributed by atoms with Crippen LogP contribution in [-0.2, 0) is 14.3 Å². The summed E-state index contributed by atoms with van der Waals surface area (Å²) in [4.78, 5) is 121. The smallest absolute Gasteiger partial charge is 0.337 e. The number of esters is 2. The van der Waals surface area contributed by atoms with Gasteiger partial charge in [-0.15, -0.1) is 0 Å². The Morgan fingerprint density at radius 2 is 0.597 bits per heavy atom. The van der Waals surface area contributed by atoms with Gasteiger partial charge in [-0.25, -0.2) is 24.6 Å². The number of carbonyl (C=O) groups is 6. The van der Waals surface area contributed by atoms with Gasteiger partial charge in [-0.3, -0.25) is 44.0 Å². The van der Waals surface area contributed by atoms with Crippen LogP contribution in [0.1, 0.15) is 291 Å². The van der Waals surface area contributed by atoms with Crippen molar-refractivity contribution in [1.29, 1.82) is 0 Å². The van der Waals surface area contributed by atoms with Gasteiger partial charge in [0.05, 0.1) is 72.3 Å². The number of hydrogen-bond acceptors (Lipinski definition) is 21. The van der Waals surface area contributed by atoms with E-state index in [4.69, 9.17) is 57.5 Å². The monoisotopic (exact) mass is 2070 g/mol. The lowest BCUT2D eigenvalue weighted by Gasteiger charge is -2.24. The Morgan fingerprint density at radius 3 is 0.958 bits per heavy atom. The quantitative estimate of drug-likeness (QED) is 0.0313. The maximum absolute atomic E-state index is 13.0. The molecule has 20 rings (SSSR count). The van der Waals surface area contributed by atoms with E-state index in [1.54, 1.807) is 95.8 Å². The molecule has 740 valence electrons. The molecular formula is C120H121Cl2N7O9S6. The average molecular weight is 2070 g/mol. The van der Waals surface area contributed by atoms with Crippen molar-refractivity contribution in [2.75, 3.05) is 28.4 Å². The molecule has 0 spiro atoms. The third-order valence-corrected chi connectivity index (χ3v) is 33.3. The highest BCUT2D eigenvalue weighted by atomic mass is 35.5. The SMILES string of the molecule is CCCCC(=O)c1ccc2c(c1)N=C(C1CCCCC1)c1ccccc1S2.CCCCC(=O)c1ccc2c(c1)N=C(Cl)c1ccccc1S2.CCCCC1=Nc2cc(C(=O)C3CCCCC3)ccc2Sc2ccccc21.CCCCC1=Nc2cc(C(=O)N(C)OC)ccc2Sc2ccccc21.CCCCC1=Nc2cc(C(=O)OC)ccc2Sc2ccccc21.COC(=O)c1ccc2c(c1)N=C(Cl)c1ccccc1S2. The fraction of sp³-hybridized carbons (Fsp3) is 0.300. The molecule has 6 aliphatic heterocycles. The number of hydroxylamine groups is 2. The van der Waals surface area contributed by atoms with E-state index < -0.39 is 0 Å². The first-order valence-electron chi connectivity index (χ1n) is 50.1. The van der Waals surface area contributed by atoms with Crippen molar-refractivity contribution in [2.45, 2.75) is 254 Å². The number of unbranched alkanes of at least 4 members (excludes halogenated alkanes) is 5. The lowest BCUT2D eigenvalue weighted by Crippen LogP contribution is -2.25. The highest BCUT2D eigenvalue weighted by Crippen LogP contribution is 2.50. The number of ether oxygens (including phenoxy) is 2. The summed E-state index contributed by atoms with van der Waals surface area (Å²) in [6, 6.07) is 84.2. The standard InChI is InChI=1S/2C24H27NOS.C20H22N2O2S.C19H19NO2S.C18H16ClNOS.C15H10ClNO2S/c1-2-3-12-21(26)18-14-15-23-20(16-18)25-24(17-9-5-4-6-10-17)19-11-7-8-13-22(19)27-23;1-2-3-12-20-19-11-7-8-13-22(19)27-23-15-14-18(16-21(23)25-20)24(26)17-9-5-4-6-10-17;1-4-5-9-16-15-8-6-7-10-18(15)25-19-12-11-14(13-17(19)21-16)20(23)22(2)24-3;1-3-4-8-15-14-7-5-6-9-17(14)23-18-11-10-13(19(21)22-2)12-16(18)20-15;1-2-3-7-15(21)12-9-10-17-14(11-12)20-18(19)13-6-4-5-8-16(13)22-17;1-19-15(18)9-6-7-13-11(8-9)17-14(16)10-4-2-3-5-12(10)20-13/h2*7-8,11,13-17H,2-6,9-10,12H2,1H3;6-8,10-13H,4-5,9H2,1-3H3;5-7,9-12H,3-4,8H2,1-2H3;4-6,8-11H,2-3,7H2,1H3;2-8H,1H3. The van der Waals surface area contributed by atoms with Crippen LogP contribution in [0.3, 0.4) is 0 Å². The number of ketones is 3. The summed E-state index contributed by atoms with van der Waals surface area (Å²) >= 11 is 22.8. The van der Waals surface area contributed by atoms with E-state index in [1.807, 2.05) is 127 Å². The summed E-state index contributed by atoms with van der Waals surface area (Å²) in [6.07, 6.45) is 26.8. The van der Waals surface area contributed by atoms with Gasteiger partial charge in [0.1, 0.15) is 10.3 Å². The van der Waals surface area contributed by atoms with E-state index in [0.717, 1.165) is 203 Å². The molecule has 12 aromatic carbocycles. The Morgan fingerprint density at radius 1 is 0.312 bits per heavy atom. The molecule has 144 heavy (non-hydrogen) atoms. The molecule has 0 aromatic heterocycles. The molecule has 0 atom stereocenters. The third kappa shape index (κ3) is 27.5. The Balaban J connectivity index is 0.000000130. The molecule has 2 saturated carbocycles. The van der Waals surface area contributed by atoms with Gasteiger partial charge in [-0.05, 0) is 204 Å². The largest absolute Gasteiger partial charge is 0.465 e. The highest BCUT2D eigenvalue weighted by Gasteiger charge is 2.31. The summed E-state index contributed by atoms with van der Waals surface area (Å²) in [7, 11) is 5.84. The molecule has 0 radical (unpaired) electrons. The topological polar surface area (TPSA) is 208 Å². The first-order chi connectivity index (χ1) is 70.2. The molecule has 1 amide bonds. The van der Waals surface area contributed by atoms with Crippen molar-refractivity contribution in [2.24, 2.45) is 41.8 Å². The van der Waals surface area contributed by atoms with E-state index in [-0.39, 0.29) is 35.3 Å². The molecule has 0 N–H and O–H groups in total. The summed E-state index contributed by atoms with van der Waals surface area (Å²) in [5.74, 6) is 0.568. The lowest BCUT2D eigenvalue weighted by molar-refractivity contribution is -0.0757. The number of benzene rings is 12. The minimum Gasteiger partial charge on any atom is -0.465 e. The lowest BCUT2D eigenvalue weighted by atomic mass is 9.83. The number of amides is 1. The summed E-state index contributed by atoms with van der Waals surface area (Å²) in [5.41, 5.74) is 20.3. The van der Waals surface area contributed by atoms with E-state index in [9.17, 15) is 28.8 Å². The van der Waals surface area contributed by atoms with Crippen LogP contribution in [-0.4, -0.2) is 102 Å². The fourth-order valence-electron chi connectivity index (χ4n) is 17.8. The van der Waals surface area contributed by atoms with Crippen LogP contribution < -0.4 is 0 Å². The Kier molecular flexibility index (Phi) is 39.5. The summed E-state index contributed by atoms with van der Waals surface area (Å²) < 4.78 is 9.54. The van der Waals surface area contributed by atoms with Gasteiger partial charge in [-0.2, -0.15) is 0 Å². The highest BCUT2D eigenvalue weighted by molar-refractivity contribution is 8.01. The molecule has 12 aromatic rings. The van der Waals surface area contributed by atoms with Crippen molar-refractivity contribution >= 4 is 196 Å². The van der Waals surface area contributed by atoms with Crippen LogP contribution >= 0.6 is 93.8 Å². The van der Waals surface area contributed by atoms with Crippen LogP contribution in [0.2, 0.25) is 0 Å². The van der Waals surface area contributed by atoms with E-state index in [0.29, 0.717) is 62.8 Å². The van der Waals surface area contributed by atoms with Crippen LogP contribution in [0.25, 0.3) is 0 Å². The first-order valence-corrected chi connectivity index (χ1v) is 55.8. The molecular weight excluding hydrogens is 1950 g/mol. The fourth-order valence-corrected chi connectivity index (χ4v) is 24.6. The van der Waals surface area contributed by atoms with Crippen molar-refractivity contribution in [3.05, 3.63) is 322 Å². The molecule has 0 bridgehead atoms. The molecule has 0 saturated heterocycles. The molecule has 2 aliphatic carbocycles. The molecule has 2 fully saturated rings. The number of rotatable bonds is 24. The molecule has 8 aliphatic rings. The normalized spacial score (nSPS) is 14.3. The maximum atomic E-state index is 13.0. The van der Waals surface area contributed by atoms with E-state index in [2.05, 4.69) is 154 Å². The summed E-state index contributed by atoms with van der Waals surface area (Å²) in [6.45, 7) is 10.8. The van der Waals surface area contributed by atoms with Crippen molar-refractivity contribution in [3.8, 4) is 0 Å². The molecule has 16 nitrogen and oxygen atoms in total. The number of carbonyl (C=O) groups excluding carboxylic acids is 6. The Bertz CT molecular complexity index is 6900. The van der Waals surface area contributed by atoms with Gasteiger partial charge in [0, 0.05) is 163 Å². The second-order valence-corrected chi connectivity index (χ2v) is 43.2. The number of methoxy groups -OCH3 is 2. The van der Waals surface area contributed by atoms with Crippen LogP contribution in [0, 0.1) is 11.8 Å². The average Bonchev–Trinajstić information content (AvgIpc) is 1.70. The van der Waals surface area contributed by atoms with Crippen molar-refractivity contribution in [3.63, 3.8) is 0 Å². The van der Waals surface area contributed by atoms with Crippen LogP contribution in [0.5, 0.6) is 0 Å². The number of hydrogen-bond donors (Lipinski definition) is 0. The molecule has 6 heterocycles. The minimum atomic E-state index is -0.383. The van der Waals surface area contributed by atoms with Gasteiger partial charge in [-0.1, -0.05) is 326 Å². The van der Waals surface area contributed by atoms with Crippen molar-refractivity contribution in [1.82, 2.24) is 5.06 Å². The maximum Gasteiger partial charge on any atom is 0.337 e. The second-order valence-electron chi connectivity index (χ2n) is 36.0.